The number of hydrogen-bond acceptors (Lipinski definition) is 3. The summed E-state index contributed by atoms with van der Waals surface area (Å²) < 4.78 is 0. The van der Waals surface area contributed by atoms with Crippen LogP contribution in [0.5, 0.6) is 0 Å². The van der Waals surface area contributed by atoms with E-state index < -0.39 is 0 Å². The van der Waals surface area contributed by atoms with Crippen LogP contribution in [0.2, 0.25) is 0 Å². The van der Waals surface area contributed by atoms with Crippen molar-refractivity contribution in [3.05, 3.63) is 30.2 Å². The summed E-state index contributed by atoms with van der Waals surface area (Å²) in [5, 5.41) is 0. The molecule has 68 valence electrons. The molecule has 3 nitrogen and oxygen atoms in total. The minimum atomic E-state index is 0.816. The molecule has 0 saturated heterocycles. The first-order chi connectivity index (χ1) is 6.38. The lowest BCUT2D eigenvalue weighted by Gasteiger charge is -2.26. The number of anilines is 1. The first kappa shape index (κ1) is 8.23. The lowest BCUT2D eigenvalue weighted by molar-refractivity contribution is 0.735. The highest BCUT2D eigenvalue weighted by atomic mass is 15.3. The van der Waals surface area contributed by atoms with Gasteiger partial charge in [0.1, 0.15) is 0 Å². The molecule has 0 radical (unpaired) electrons. The fourth-order valence-electron chi connectivity index (χ4n) is 1.54. The topological polar surface area (TPSA) is 29.0 Å². The van der Waals surface area contributed by atoms with E-state index in [4.69, 9.17) is 0 Å². The zero-order chi connectivity index (χ0) is 9.10. The zero-order valence-electron chi connectivity index (χ0n) is 7.77. The van der Waals surface area contributed by atoms with Gasteiger partial charge in [-0.25, -0.2) is 9.97 Å². The molecule has 0 N–H and O–H groups in total. The van der Waals surface area contributed by atoms with Gasteiger partial charge >= 0.3 is 0 Å². The van der Waals surface area contributed by atoms with Crippen molar-refractivity contribution in [3.8, 4) is 0 Å². The number of rotatable bonds is 1. The van der Waals surface area contributed by atoms with Crippen LogP contribution in [0, 0.1) is 0 Å². The summed E-state index contributed by atoms with van der Waals surface area (Å²) in [7, 11) is 0. The van der Waals surface area contributed by atoms with Gasteiger partial charge in [-0.05, 0) is 25.8 Å². The molecule has 0 atom stereocenters. The van der Waals surface area contributed by atoms with E-state index in [0.717, 1.165) is 12.5 Å². The van der Waals surface area contributed by atoms with Crippen LogP contribution in [0.25, 0.3) is 0 Å². The largest absolute Gasteiger partial charge is 0.315 e. The van der Waals surface area contributed by atoms with Crippen LogP contribution in [0.4, 0.5) is 5.95 Å². The fourth-order valence-corrected chi connectivity index (χ4v) is 1.54. The van der Waals surface area contributed by atoms with Crippen LogP contribution in [-0.2, 0) is 0 Å². The minimum Gasteiger partial charge on any atom is -0.315 e. The maximum absolute atomic E-state index is 4.23. The molecule has 0 saturated carbocycles. The summed E-state index contributed by atoms with van der Waals surface area (Å²) in [6, 6.07) is 1.84. The Morgan fingerprint density at radius 3 is 2.77 bits per heavy atom. The first-order valence-electron chi connectivity index (χ1n) is 4.59. The fraction of sp³-hybridized carbons (Fsp3) is 0.400. The van der Waals surface area contributed by atoms with Crippen molar-refractivity contribution in [2.24, 2.45) is 0 Å². The second-order valence-electron chi connectivity index (χ2n) is 3.19. The third kappa shape index (κ3) is 1.69. The third-order valence-electron chi connectivity index (χ3n) is 2.24. The molecule has 1 aliphatic heterocycles. The molecule has 0 aromatic carbocycles. The number of aromatic nitrogens is 2. The highest BCUT2D eigenvalue weighted by Crippen LogP contribution is 2.18. The molecule has 0 bridgehead atoms. The van der Waals surface area contributed by atoms with Gasteiger partial charge in [-0.2, -0.15) is 0 Å². The predicted octanol–water partition coefficient (Wildman–Crippen LogP) is 1.98. The molecule has 0 fully saturated rings. The quantitative estimate of drug-likeness (QED) is 0.653. The van der Waals surface area contributed by atoms with E-state index >= 15 is 0 Å². The molecule has 1 aliphatic rings. The maximum Gasteiger partial charge on any atom is 0.229 e. The normalized spacial score (nSPS) is 17.0. The van der Waals surface area contributed by atoms with Crippen molar-refractivity contribution < 1.29 is 0 Å². The van der Waals surface area contributed by atoms with Crippen LogP contribution in [-0.4, -0.2) is 16.5 Å². The Bertz CT molecular complexity index is 305. The molecule has 1 aromatic heterocycles. The minimum absolute atomic E-state index is 0.816. The molecule has 0 unspecified atom stereocenters. The molecular weight excluding hydrogens is 162 g/mol. The zero-order valence-corrected chi connectivity index (χ0v) is 7.77. The summed E-state index contributed by atoms with van der Waals surface area (Å²) in [6.07, 6.45) is 8.17. The predicted molar refractivity (Wildman–Crippen MR) is 52.4 cm³/mol. The Balaban J connectivity index is 2.26. The van der Waals surface area contributed by atoms with Gasteiger partial charge in [-0.1, -0.05) is 6.08 Å². The van der Waals surface area contributed by atoms with Crippen LogP contribution in [0.3, 0.4) is 0 Å². The van der Waals surface area contributed by atoms with E-state index in [1.165, 1.54) is 18.5 Å². The van der Waals surface area contributed by atoms with Gasteiger partial charge in [0.15, 0.2) is 0 Å². The molecular formula is C10H13N3. The van der Waals surface area contributed by atoms with Crippen molar-refractivity contribution in [3.63, 3.8) is 0 Å². The van der Waals surface area contributed by atoms with Crippen molar-refractivity contribution in [1.29, 1.82) is 0 Å². The third-order valence-corrected chi connectivity index (χ3v) is 2.24. The Morgan fingerprint density at radius 1 is 1.31 bits per heavy atom. The Morgan fingerprint density at radius 2 is 2.08 bits per heavy atom. The van der Waals surface area contributed by atoms with Gasteiger partial charge in [0, 0.05) is 24.6 Å². The van der Waals surface area contributed by atoms with E-state index in [2.05, 4.69) is 27.9 Å². The lowest BCUT2D eigenvalue weighted by atomic mass is 10.2. The summed E-state index contributed by atoms with van der Waals surface area (Å²) >= 11 is 0. The summed E-state index contributed by atoms with van der Waals surface area (Å²) in [6.45, 7) is 3.14. The monoisotopic (exact) mass is 175 g/mol. The van der Waals surface area contributed by atoms with E-state index in [1.807, 2.05) is 6.07 Å². The summed E-state index contributed by atoms with van der Waals surface area (Å²) in [4.78, 5) is 10.6. The lowest BCUT2D eigenvalue weighted by Crippen LogP contribution is -2.26. The molecule has 0 amide bonds. The van der Waals surface area contributed by atoms with Crippen molar-refractivity contribution in [1.82, 2.24) is 9.97 Å². The van der Waals surface area contributed by atoms with Crippen molar-refractivity contribution >= 4 is 5.95 Å². The second-order valence-corrected chi connectivity index (χ2v) is 3.19. The highest BCUT2D eigenvalue weighted by Gasteiger charge is 2.13. The van der Waals surface area contributed by atoms with E-state index in [9.17, 15) is 0 Å². The van der Waals surface area contributed by atoms with E-state index in [1.54, 1.807) is 12.4 Å². The molecule has 0 spiro atoms. The number of nitrogens with zero attached hydrogens (tertiary/aromatic N) is 3. The summed E-state index contributed by atoms with van der Waals surface area (Å²) in [5.41, 5.74) is 1.26. The molecule has 0 aliphatic carbocycles. The van der Waals surface area contributed by atoms with Crippen molar-refractivity contribution in [2.75, 3.05) is 11.4 Å². The second kappa shape index (κ2) is 3.56. The number of hydrogen-bond donors (Lipinski definition) is 0. The average Bonchev–Trinajstić information content (AvgIpc) is 2.20. The standard InChI is InChI=1S/C10H13N3/c1-9-5-2-3-8-13(9)10-11-6-4-7-12-10/h4-7H,2-3,8H2,1H3. The van der Waals surface area contributed by atoms with Gasteiger partial charge < -0.3 is 4.90 Å². The molecule has 2 heterocycles. The molecule has 2 rings (SSSR count). The van der Waals surface area contributed by atoms with Crippen LogP contribution >= 0.6 is 0 Å². The van der Waals surface area contributed by atoms with E-state index in [0.29, 0.717) is 0 Å². The number of allylic oxidation sites excluding steroid dienone is 2. The van der Waals surface area contributed by atoms with E-state index in [-0.39, 0.29) is 0 Å². The Labute approximate surface area is 78.1 Å². The van der Waals surface area contributed by atoms with Gasteiger partial charge in [0.05, 0.1) is 0 Å². The van der Waals surface area contributed by atoms with Crippen LogP contribution < -0.4 is 4.90 Å². The Hall–Kier alpha value is -1.38. The van der Waals surface area contributed by atoms with Crippen LogP contribution in [0.1, 0.15) is 19.8 Å². The SMILES string of the molecule is CC1=CCCCN1c1ncccn1. The van der Waals surface area contributed by atoms with Gasteiger partial charge in [-0.15, -0.1) is 0 Å². The Kier molecular flexibility index (Phi) is 2.25. The molecule has 13 heavy (non-hydrogen) atoms. The van der Waals surface area contributed by atoms with Crippen molar-refractivity contribution in [2.45, 2.75) is 19.8 Å². The maximum atomic E-state index is 4.23. The highest BCUT2D eigenvalue weighted by molar-refractivity contribution is 5.39. The first-order valence-corrected chi connectivity index (χ1v) is 4.59. The van der Waals surface area contributed by atoms with Gasteiger partial charge in [0.2, 0.25) is 5.95 Å². The van der Waals surface area contributed by atoms with Gasteiger partial charge in [-0.3, -0.25) is 0 Å². The molecule has 3 heteroatoms. The van der Waals surface area contributed by atoms with Gasteiger partial charge in [0.25, 0.3) is 0 Å². The molecule has 1 aromatic rings. The van der Waals surface area contributed by atoms with Crippen LogP contribution in [0.15, 0.2) is 30.2 Å². The smallest absolute Gasteiger partial charge is 0.229 e. The average molecular weight is 175 g/mol. The summed E-state index contributed by atoms with van der Waals surface area (Å²) in [5.74, 6) is 0.816.